The van der Waals surface area contributed by atoms with Gasteiger partial charge >= 0.3 is 0 Å². The zero-order chi connectivity index (χ0) is 8.84. The molecule has 13 heavy (non-hydrogen) atoms. The van der Waals surface area contributed by atoms with Gasteiger partial charge in [-0.05, 0) is 12.1 Å². The molecule has 0 N–H and O–H groups in total. The molecule has 0 bridgehead atoms. The summed E-state index contributed by atoms with van der Waals surface area (Å²) < 4.78 is 5.49. The van der Waals surface area contributed by atoms with Crippen LogP contribution in [0.4, 0.5) is 0 Å². The summed E-state index contributed by atoms with van der Waals surface area (Å²) in [5, 5.41) is 1.29. The number of halogens is 1. The topological polar surface area (TPSA) is 13.1 Å². The van der Waals surface area contributed by atoms with E-state index in [4.69, 9.17) is 4.42 Å². The van der Waals surface area contributed by atoms with Crippen molar-refractivity contribution in [3.63, 3.8) is 0 Å². The molecule has 3 heteroatoms. The van der Waals surface area contributed by atoms with Gasteiger partial charge in [0.2, 0.25) is 0 Å². The predicted molar refractivity (Wildman–Crippen MR) is 58.6 cm³/mol. The Kier molecular flexibility index (Phi) is 1.70. The fraction of sp³-hybridized carbons (Fsp3) is 0.200. The molecule has 1 aliphatic heterocycles. The monoisotopic (exact) mass is 254 g/mol. The molecule has 1 aromatic carbocycles. The van der Waals surface area contributed by atoms with E-state index < -0.39 is 0 Å². The van der Waals surface area contributed by atoms with Crippen molar-refractivity contribution in [3.05, 3.63) is 30.0 Å². The molecule has 1 atom stereocenters. The van der Waals surface area contributed by atoms with E-state index in [1.165, 1.54) is 15.8 Å². The normalized spacial score (nSPS) is 20.8. The summed E-state index contributed by atoms with van der Waals surface area (Å²) in [5.74, 6) is 1.09. The minimum absolute atomic E-state index is 0.439. The minimum atomic E-state index is 0.439. The molecular formula is C10H7BrOS. The van der Waals surface area contributed by atoms with Crippen LogP contribution in [0, 0.1) is 0 Å². The molecule has 0 aliphatic carbocycles. The van der Waals surface area contributed by atoms with Gasteiger partial charge in [0.25, 0.3) is 0 Å². The number of hydrogen-bond acceptors (Lipinski definition) is 2. The molecule has 0 saturated heterocycles. The molecule has 0 spiro atoms. The Morgan fingerprint density at radius 2 is 2.38 bits per heavy atom. The van der Waals surface area contributed by atoms with E-state index >= 15 is 0 Å². The highest BCUT2D eigenvalue weighted by Crippen LogP contribution is 2.44. The van der Waals surface area contributed by atoms with Gasteiger partial charge in [0.15, 0.2) is 0 Å². The van der Waals surface area contributed by atoms with Crippen molar-refractivity contribution in [1.82, 2.24) is 0 Å². The van der Waals surface area contributed by atoms with Crippen LogP contribution < -0.4 is 0 Å². The average molecular weight is 255 g/mol. The summed E-state index contributed by atoms with van der Waals surface area (Å²) in [4.78, 5) is 1.78. The Hall–Kier alpha value is -0.410. The van der Waals surface area contributed by atoms with Gasteiger partial charge in [-0.3, -0.25) is 0 Å². The second-order valence-corrected chi connectivity index (χ2v) is 5.27. The maximum absolute atomic E-state index is 5.49. The number of benzene rings is 1. The number of rotatable bonds is 0. The van der Waals surface area contributed by atoms with Crippen molar-refractivity contribution < 1.29 is 4.42 Å². The minimum Gasteiger partial charge on any atom is -0.464 e. The van der Waals surface area contributed by atoms with Crippen LogP contribution in [0.1, 0.15) is 10.4 Å². The average Bonchev–Trinajstić information content (AvgIpc) is 2.57. The molecule has 1 nitrogen and oxygen atoms in total. The summed E-state index contributed by atoms with van der Waals surface area (Å²) in [6.07, 6.45) is 1.87. The van der Waals surface area contributed by atoms with Crippen molar-refractivity contribution in [1.29, 1.82) is 0 Å². The maximum Gasteiger partial charge on any atom is 0.135 e. The highest BCUT2D eigenvalue weighted by molar-refractivity contribution is 9.09. The van der Waals surface area contributed by atoms with Crippen LogP contribution in [-0.2, 0) is 0 Å². The molecule has 2 heterocycles. The van der Waals surface area contributed by atoms with Gasteiger partial charge in [-0.1, -0.05) is 22.0 Å². The van der Waals surface area contributed by atoms with Crippen molar-refractivity contribution >= 4 is 38.7 Å². The summed E-state index contributed by atoms with van der Waals surface area (Å²) in [6, 6.07) is 6.23. The molecule has 66 valence electrons. The maximum atomic E-state index is 5.49. The van der Waals surface area contributed by atoms with E-state index in [0.29, 0.717) is 4.83 Å². The van der Waals surface area contributed by atoms with Gasteiger partial charge in [0.05, 0.1) is 11.1 Å². The highest BCUT2D eigenvalue weighted by atomic mass is 79.9. The number of alkyl halides is 1. The van der Waals surface area contributed by atoms with Gasteiger partial charge in [0, 0.05) is 21.6 Å². The first-order valence-corrected chi connectivity index (χ1v) is 6.03. The Morgan fingerprint density at radius 3 is 3.31 bits per heavy atom. The summed E-state index contributed by atoms with van der Waals surface area (Å²) in [7, 11) is 0. The Labute approximate surface area is 88.6 Å². The van der Waals surface area contributed by atoms with E-state index in [0.717, 1.165) is 11.3 Å². The summed E-state index contributed by atoms with van der Waals surface area (Å²) in [6.45, 7) is 0. The molecule has 0 radical (unpaired) electrons. The third-order valence-corrected chi connectivity index (χ3v) is 4.71. The smallest absolute Gasteiger partial charge is 0.135 e. The standard InChI is InChI=1S/C10H7BrOS/c11-7-5-13-9-3-1-2-8-10(9)6(7)4-12-8/h1-4,7H,5H2. The van der Waals surface area contributed by atoms with E-state index in [9.17, 15) is 0 Å². The molecule has 0 amide bonds. The van der Waals surface area contributed by atoms with Crippen molar-refractivity contribution in [2.75, 3.05) is 5.75 Å². The molecule has 1 aliphatic rings. The van der Waals surface area contributed by atoms with Crippen LogP contribution in [0.3, 0.4) is 0 Å². The van der Waals surface area contributed by atoms with E-state index in [1.54, 1.807) is 0 Å². The largest absolute Gasteiger partial charge is 0.464 e. The summed E-state index contributed by atoms with van der Waals surface area (Å²) >= 11 is 5.54. The third-order valence-electron chi connectivity index (χ3n) is 2.31. The van der Waals surface area contributed by atoms with Gasteiger partial charge < -0.3 is 4.42 Å². The van der Waals surface area contributed by atoms with Crippen molar-refractivity contribution in [3.8, 4) is 0 Å². The lowest BCUT2D eigenvalue weighted by Gasteiger charge is -2.15. The third kappa shape index (κ3) is 1.07. The van der Waals surface area contributed by atoms with Gasteiger partial charge in [0.1, 0.15) is 5.58 Å². The van der Waals surface area contributed by atoms with Gasteiger partial charge in [-0.2, -0.15) is 0 Å². The van der Waals surface area contributed by atoms with Crippen molar-refractivity contribution in [2.45, 2.75) is 9.72 Å². The SMILES string of the molecule is BrC1CSc2cccc3occ1c23. The van der Waals surface area contributed by atoms with E-state index in [2.05, 4.69) is 22.0 Å². The van der Waals surface area contributed by atoms with Crippen LogP contribution in [0.15, 0.2) is 33.8 Å². The Balaban J connectivity index is 2.45. The Bertz CT molecular complexity index is 463. The fourth-order valence-electron chi connectivity index (χ4n) is 1.68. The zero-order valence-electron chi connectivity index (χ0n) is 6.79. The quantitative estimate of drug-likeness (QED) is 0.660. The first kappa shape index (κ1) is 7.94. The molecule has 1 unspecified atom stereocenters. The predicted octanol–water partition coefficient (Wildman–Crippen LogP) is 3.97. The Morgan fingerprint density at radius 1 is 1.46 bits per heavy atom. The molecule has 2 aromatic rings. The molecule has 0 fully saturated rings. The van der Waals surface area contributed by atoms with Crippen LogP contribution in [0.5, 0.6) is 0 Å². The van der Waals surface area contributed by atoms with E-state index in [-0.39, 0.29) is 0 Å². The van der Waals surface area contributed by atoms with Crippen LogP contribution in [-0.4, -0.2) is 5.75 Å². The summed E-state index contributed by atoms with van der Waals surface area (Å²) in [5.41, 5.74) is 2.30. The van der Waals surface area contributed by atoms with Gasteiger partial charge in [-0.25, -0.2) is 0 Å². The first-order chi connectivity index (χ1) is 6.36. The lowest BCUT2D eigenvalue weighted by molar-refractivity contribution is 0.611. The zero-order valence-corrected chi connectivity index (χ0v) is 9.19. The second kappa shape index (κ2) is 2.79. The number of hydrogen-bond donors (Lipinski definition) is 0. The number of furan rings is 1. The lowest BCUT2D eigenvalue weighted by atomic mass is 10.1. The van der Waals surface area contributed by atoms with E-state index in [1.807, 2.05) is 30.2 Å². The molecule has 1 aromatic heterocycles. The van der Waals surface area contributed by atoms with Crippen molar-refractivity contribution in [2.24, 2.45) is 0 Å². The fourth-order valence-corrected chi connectivity index (χ4v) is 3.46. The molecule has 3 rings (SSSR count). The van der Waals surface area contributed by atoms with Crippen LogP contribution in [0.25, 0.3) is 11.0 Å². The highest BCUT2D eigenvalue weighted by Gasteiger charge is 2.22. The first-order valence-electron chi connectivity index (χ1n) is 4.13. The van der Waals surface area contributed by atoms with Crippen LogP contribution in [0.2, 0.25) is 0 Å². The molecule has 0 saturated carbocycles. The van der Waals surface area contributed by atoms with Crippen LogP contribution >= 0.6 is 27.7 Å². The number of thioether (sulfide) groups is 1. The lowest BCUT2D eigenvalue weighted by Crippen LogP contribution is -1.97. The molecular weight excluding hydrogens is 248 g/mol. The van der Waals surface area contributed by atoms with Gasteiger partial charge in [-0.15, -0.1) is 11.8 Å². The second-order valence-electron chi connectivity index (χ2n) is 3.10.